The summed E-state index contributed by atoms with van der Waals surface area (Å²) in [4.78, 5) is 21.5. The summed E-state index contributed by atoms with van der Waals surface area (Å²) in [6.07, 6.45) is 0. The molecule has 1 aliphatic heterocycles. The van der Waals surface area contributed by atoms with Gasteiger partial charge in [0.1, 0.15) is 5.76 Å². The molecular weight excluding hydrogens is 318 g/mol. The highest BCUT2D eigenvalue weighted by molar-refractivity contribution is 5.93. The van der Waals surface area contributed by atoms with Crippen molar-refractivity contribution in [3.8, 4) is 11.5 Å². The van der Waals surface area contributed by atoms with Gasteiger partial charge in [0.2, 0.25) is 5.89 Å². The van der Waals surface area contributed by atoms with E-state index in [4.69, 9.17) is 9.15 Å². The van der Waals surface area contributed by atoms with E-state index in [0.29, 0.717) is 43.1 Å². The van der Waals surface area contributed by atoms with Gasteiger partial charge in [-0.05, 0) is 26.0 Å². The minimum Gasteiger partial charge on any atom is -0.441 e. The normalized spacial score (nSPS) is 16.8. The first kappa shape index (κ1) is 17.6. The number of aryl methyl sites for hydroxylation is 1. The van der Waals surface area contributed by atoms with Crippen LogP contribution in [-0.2, 0) is 4.74 Å². The van der Waals surface area contributed by atoms with Gasteiger partial charge in [-0.1, -0.05) is 18.2 Å². The molecule has 25 heavy (non-hydrogen) atoms. The van der Waals surface area contributed by atoms with Crippen molar-refractivity contribution < 1.29 is 13.9 Å². The van der Waals surface area contributed by atoms with E-state index >= 15 is 0 Å². The van der Waals surface area contributed by atoms with Crippen molar-refractivity contribution in [3.05, 3.63) is 41.8 Å². The maximum absolute atomic E-state index is 12.8. The lowest BCUT2D eigenvalue weighted by Gasteiger charge is -2.37. The Bertz CT molecular complexity index is 706. The maximum Gasteiger partial charge on any atom is 0.276 e. The summed E-state index contributed by atoms with van der Waals surface area (Å²) < 4.78 is 10.9. The second-order valence-corrected chi connectivity index (χ2v) is 6.42. The zero-order valence-electron chi connectivity index (χ0n) is 15.1. The van der Waals surface area contributed by atoms with E-state index in [1.54, 1.807) is 14.0 Å². The molecule has 0 spiro atoms. The van der Waals surface area contributed by atoms with Crippen LogP contribution in [0.4, 0.5) is 0 Å². The van der Waals surface area contributed by atoms with Crippen molar-refractivity contribution in [2.45, 2.75) is 19.9 Å². The fourth-order valence-electron chi connectivity index (χ4n) is 3.16. The molecule has 0 aliphatic carbocycles. The number of amides is 1. The number of oxazole rings is 1. The third-order valence-corrected chi connectivity index (χ3v) is 4.65. The Kier molecular flexibility index (Phi) is 5.50. The third-order valence-electron chi connectivity index (χ3n) is 4.65. The topological polar surface area (TPSA) is 58.8 Å². The minimum absolute atomic E-state index is 0.0533. The van der Waals surface area contributed by atoms with Crippen molar-refractivity contribution in [2.24, 2.45) is 0 Å². The van der Waals surface area contributed by atoms with Gasteiger partial charge in [0, 0.05) is 44.9 Å². The quantitative estimate of drug-likeness (QED) is 0.834. The molecule has 0 bridgehead atoms. The minimum atomic E-state index is -0.0533. The summed E-state index contributed by atoms with van der Waals surface area (Å²) in [5.74, 6) is 1.01. The van der Waals surface area contributed by atoms with Crippen LogP contribution in [0.3, 0.4) is 0 Å². The second kappa shape index (κ2) is 7.80. The average molecular weight is 343 g/mol. The smallest absolute Gasteiger partial charge is 0.276 e. The fourth-order valence-corrected chi connectivity index (χ4v) is 3.16. The van der Waals surface area contributed by atoms with Crippen LogP contribution in [-0.4, -0.2) is 66.6 Å². The molecule has 0 radical (unpaired) electrons. The maximum atomic E-state index is 12.8. The number of piperazine rings is 1. The number of hydrogen-bond acceptors (Lipinski definition) is 5. The first-order valence-electron chi connectivity index (χ1n) is 8.65. The Hall–Kier alpha value is -2.18. The summed E-state index contributed by atoms with van der Waals surface area (Å²) in [6.45, 7) is 7.73. The van der Waals surface area contributed by atoms with E-state index in [1.165, 1.54) is 0 Å². The Labute approximate surface area is 148 Å². The molecule has 3 rings (SSSR count). The van der Waals surface area contributed by atoms with Gasteiger partial charge in [-0.2, -0.15) is 0 Å². The molecule has 2 heterocycles. The second-order valence-electron chi connectivity index (χ2n) is 6.42. The predicted molar refractivity (Wildman–Crippen MR) is 95.5 cm³/mol. The van der Waals surface area contributed by atoms with E-state index < -0.39 is 0 Å². The summed E-state index contributed by atoms with van der Waals surface area (Å²) >= 11 is 0. The van der Waals surface area contributed by atoms with Crippen molar-refractivity contribution in [1.82, 2.24) is 14.8 Å². The highest BCUT2D eigenvalue weighted by atomic mass is 16.5. The van der Waals surface area contributed by atoms with Crippen LogP contribution in [0.1, 0.15) is 23.2 Å². The Morgan fingerprint density at radius 2 is 1.92 bits per heavy atom. The van der Waals surface area contributed by atoms with Crippen molar-refractivity contribution >= 4 is 5.91 Å². The highest BCUT2D eigenvalue weighted by Gasteiger charge is 2.28. The third kappa shape index (κ3) is 3.91. The molecule has 1 atom stereocenters. The van der Waals surface area contributed by atoms with Gasteiger partial charge in [0.05, 0.1) is 6.61 Å². The van der Waals surface area contributed by atoms with E-state index in [0.717, 1.165) is 18.7 Å². The molecule has 1 aliphatic rings. The summed E-state index contributed by atoms with van der Waals surface area (Å²) in [5, 5.41) is 0. The largest absolute Gasteiger partial charge is 0.441 e. The zero-order valence-corrected chi connectivity index (χ0v) is 15.1. The molecule has 1 fully saturated rings. The monoisotopic (exact) mass is 343 g/mol. The number of aromatic nitrogens is 1. The molecule has 1 aromatic heterocycles. The van der Waals surface area contributed by atoms with Crippen molar-refractivity contribution in [3.63, 3.8) is 0 Å². The van der Waals surface area contributed by atoms with Crippen LogP contribution in [0.2, 0.25) is 0 Å². The van der Waals surface area contributed by atoms with E-state index in [1.807, 2.05) is 35.2 Å². The van der Waals surface area contributed by atoms with Crippen LogP contribution in [0, 0.1) is 6.92 Å². The van der Waals surface area contributed by atoms with Crippen molar-refractivity contribution in [1.29, 1.82) is 0 Å². The first-order valence-corrected chi connectivity index (χ1v) is 8.65. The number of rotatable bonds is 5. The molecule has 6 nitrogen and oxygen atoms in total. The molecule has 6 heteroatoms. The Balaban J connectivity index is 1.67. The lowest BCUT2D eigenvalue weighted by atomic mass is 10.2. The van der Waals surface area contributed by atoms with Gasteiger partial charge in [-0.3, -0.25) is 9.69 Å². The van der Waals surface area contributed by atoms with Crippen LogP contribution >= 0.6 is 0 Å². The lowest BCUT2D eigenvalue weighted by molar-refractivity contribution is 0.0444. The zero-order chi connectivity index (χ0) is 17.8. The van der Waals surface area contributed by atoms with E-state index in [2.05, 4.69) is 16.8 Å². The molecule has 1 amide bonds. The number of nitrogens with zero attached hydrogens (tertiary/aromatic N) is 3. The average Bonchev–Trinajstić information content (AvgIpc) is 3.04. The molecule has 1 saturated heterocycles. The van der Waals surface area contributed by atoms with Gasteiger partial charge < -0.3 is 14.1 Å². The molecule has 1 aromatic carbocycles. The number of benzene rings is 1. The van der Waals surface area contributed by atoms with Gasteiger partial charge >= 0.3 is 0 Å². The summed E-state index contributed by atoms with van der Waals surface area (Å²) in [5.41, 5.74) is 1.29. The van der Waals surface area contributed by atoms with Gasteiger partial charge in [-0.25, -0.2) is 4.98 Å². The van der Waals surface area contributed by atoms with E-state index in [-0.39, 0.29) is 5.91 Å². The lowest BCUT2D eigenvalue weighted by Crippen LogP contribution is -2.52. The SMILES string of the molecule is COCC(C)N1CCN(C(=O)c2nc(-c3ccccc3)oc2C)CC1. The van der Waals surface area contributed by atoms with Crippen LogP contribution in [0.15, 0.2) is 34.7 Å². The standard InChI is InChI=1S/C19H25N3O3/c1-14(13-24-3)21-9-11-22(12-10-21)19(23)17-15(2)25-18(20-17)16-7-5-4-6-8-16/h4-8,14H,9-13H2,1-3H3. The Morgan fingerprint density at radius 3 is 2.56 bits per heavy atom. The summed E-state index contributed by atoms with van der Waals surface area (Å²) in [6, 6.07) is 10.0. The number of methoxy groups -OCH3 is 1. The van der Waals surface area contributed by atoms with Gasteiger partial charge in [0.15, 0.2) is 5.69 Å². The number of ether oxygens (including phenoxy) is 1. The molecule has 134 valence electrons. The molecular formula is C19H25N3O3. The molecule has 0 saturated carbocycles. The fraction of sp³-hybridized carbons (Fsp3) is 0.474. The molecule has 2 aromatic rings. The summed E-state index contributed by atoms with van der Waals surface area (Å²) in [7, 11) is 1.72. The van der Waals surface area contributed by atoms with Crippen LogP contribution in [0.25, 0.3) is 11.5 Å². The number of carbonyl (C=O) groups excluding carboxylic acids is 1. The first-order chi connectivity index (χ1) is 12.1. The molecule has 0 N–H and O–H groups in total. The number of hydrogen-bond donors (Lipinski definition) is 0. The predicted octanol–water partition coefficient (Wildman–Crippen LogP) is 2.44. The highest BCUT2D eigenvalue weighted by Crippen LogP contribution is 2.22. The van der Waals surface area contributed by atoms with Crippen LogP contribution in [0.5, 0.6) is 0 Å². The Morgan fingerprint density at radius 1 is 1.24 bits per heavy atom. The van der Waals surface area contributed by atoms with Crippen LogP contribution < -0.4 is 0 Å². The van der Waals surface area contributed by atoms with Gasteiger partial charge in [-0.15, -0.1) is 0 Å². The van der Waals surface area contributed by atoms with E-state index in [9.17, 15) is 4.79 Å². The number of carbonyl (C=O) groups is 1. The molecule has 1 unspecified atom stereocenters. The van der Waals surface area contributed by atoms with Gasteiger partial charge in [0.25, 0.3) is 5.91 Å². The van der Waals surface area contributed by atoms with Crippen molar-refractivity contribution in [2.75, 3.05) is 39.9 Å².